The summed E-state index contributed by atoms with van der Waals surface area (Å²) in [5.74, 6) is 2.38. The predicted octanol–water partition coefficient (Wildman–Crippen LogP) is 4.37. The number of carbonyl (C=O) groups excluding carboxylic acids is 1. The van der Waals surface area contributed by atoms with Crippen LogP contribution in [0.3, 0.4) is 0 Å². The largest absolute Gasteiger partial charge is 0.497 e. The van der Waals surface area contributed by atoms with Crippen molar-refractivity contribution in [2.45, 2.75) is 18.9 Å². The number of non-ortho nitro benzene ring substituents is 1. The minimum Gasteiger partial charge on any atom is -0.497 e. The molecule has 0 aliphatic carbocycles. The second-order valence-electron chi connectivity index (χ2n) is 8.35. The van der Waals surface area contributed by atoms with Gasteiger partial charge in [-0.15, -0.1) is 0 Å². The summed E-state index contributed by atoms with van der Waals surface area (Å²) in [4.78, 5) is 25.8. The van der Waals surface area contributed by atoms with E-state index in [0.29, 0.717) is 30.2 Å². The second kappa shape index (κ2) is 11.0. The van der Waals surface area contributed by atoms with Crippen LogP contribution in [0.5, 0.6) is 23.0 Å². The van der Waals surface area contributed by atoms with Crippen LogP contribution in [0.1, 0.15) is 22.7 Å². The maximum Gasteiger partial charge on any atom is 0.269 e. The molecular formula is C27H28N2O7. The lowest BCUT2D eigenvalue weighted by Gasteiger charge is -2.37. The van der Waals surface area contributed by atoms with Crippen molar-refractivity contribution in [2.24, 2.45) is 0 Å². The van der Waals surface area contributed by atoms with Crippen LogP contribution in [0.15, 0.2) is 60.7 Å². The van der Waals surface area contributed by atoms with E-state index in [1.807, 2.05) is 41.3 Å². The van der Waals surface area contributed by atoms with E-state index in [1.165, 1.54) is 12.1 Å². The van der Waals surface area contributed by atoms with E-state index in [4.69, 9.17) is 18.9 Å². The number of amides is 1. The number of fused-ring (bicyclic) bond motifs is 1. The molecule has 1 aliphatic heterocycles. The fourth-order valence-electron chi connectivity index (χ4n) is 4.37. The fourth-order valence-corrected chi connectivity index (χ4v) is 4.37. The Labute approximate surface area is 209 Å². The Balaban J connectivity index is 1.61. The van der Waals surface area contributed by atoms with E-state index in [9.17, 15) is 14.9 Å². The Morgan fingerprint density at radius 1 is 0.944 bits per heavy atom. The average molecular weight is 493 g/mol. The Kier molecular flexibility index (Phi) is 7.58. The predicted molar refractivity (Wildman–Crippen MR) is 133 cm³/mol. The molecule has 1 atom stereocenters. The molecule has 9 heteroatoms. The zero-order valence-electron chi connectivity index (χ0n) is 20.4. The van der Waals surface area contributed by atoms with Gasteiger partial charge in [0.2, 0.25) is 5.91 Å². The molecule has 1 unspecified atom stereocenters. The Bertz CT molecular complexity index is 1230. The molecule has 3 aromatic rings. The molecule has 1 amide bonds. The minimum absolute atomic E-state index is 0.0153. The van der Waals surface area contributed by atoms with Gasteiger partial charge in [0, 0.05) is 18.7 Å². The van der Waals surface area contributed by atoms with Crippen LogP contribution in [0, 0.1) is 10.1 Å². The normalized spacial score (nSPS) is 14.5. The summed E-state index contributed by atoms with van der Waals surface area (Å²) in [6.45, 7) is 0.695. The molecule has 9 nitrogen and oxygen atoms in total. The number of nitro benzene ring substituents is 1. The molecule has 36 heavy (non-hydrogen) atoms. The summed E-state index contributed by atoms with van der Waals surface area (Å²) >= 11 is 0. The summed E-state index contributed by atoms with van der Waals surface area (Å²) in [6, 6.07) is 16.8. The molecule has 0 N–H and O–H groups in total. The zero-order chi connectivity index (χ0) is 25.7. The smallest absolute Gasteiger partial charge is 0.269 e. The maximum atomic E-state index is 13.5. The zero-order valence-corrected chi connectivity index (χ0v) is 20.4. The summed E-state index contributed by atoms with van der Waals surface area (Å²) in [5.41, 5.74) is 2.84. The van der Waals surface area contributed by atoms with Crippen LogP contribution in [0.4, 0.5) is 5.69 Å². The van der Waals surface area contributed by atoms with Crippen LogP contribution in [-0.4, -0.2) is 50.2 Å². The molecule has 3 aromatic carbocycles. The van der Waals surface area contributed by atoms with Gasteiger partial charge in [0.15, 0.2) is 11.5 Å². The Morgan fingerprint density at radius 3 is 2.19 bits per heavy atom. The van der Waals surface area contributed by atoms with E-state index in [-0.39, 0.29) is 30.7 Å². The number of methoxy groups -OCH3 is 3. The first kappa shape index (κ1) is 24.8. The number of ether oxygens (including phenoxy) is 4. The van der Waals surface area contributed by atoms with Crippen molar-refractivity contribution < 1.29 is 28.7 Å². The number of hydrogen-bond donors (Lipinski definition) is 0. The van der Waals surface area contributed by atoms with Crippen molar-refractivity contribution in [1.29, 1.82) is 0 Å². The molecule has 0 saturated heterocycles. The van der Waals surface area contributed by atoms with Crippen LogP contribution in [0.2, 0.25) is 0 Å². The van der Waals surface area contributed by atoms with Gasteiger partial charge in [-0.1, -0.05) is 12.1 Å². The molecule has 0 spiro atoms. The number of benzene rings is 3. The SMILES string of the molecule is COc1ccc(CC(=O)N2CCc3cc(OC)c(OC)cc3C2COc2ccc([N+](=O)[O-])cc2)cc1. The first-order valence-corrected chi connectivity index (χ1v) is 11.5. The van der Waals surface area contributed by atoms with Crippen LogP contribution < -0.4 is 18.9 Å². The highest BCUT2D eigenvalue weighted by molar-refractivity contribution is 5.80. The molecular weight excluding hydrogens is 464 g/mol. The van der Waals surface area contributed by atoms with E-state index < -0.39 is 4.92 Å². The molecule has 1 aliphatic rings. The molecule has 0 radical (unpaired) electrons. The fraction of sp³-hybridized carbons (Fsp3) is 0.296. The molecule has 0 fully saturated rings. The van der Waals surface area contributed by atoms with Gasteiger partial charge in [-0.05, 0) is 59.5 Å². The van der Waals surface area contributed by atoms with Gasteiger partial charge in [-0.2, -0.15) is 0 Å². The van der Waals surface area contributed by atoms with Crippen molar-refractivity contribution in [1.82, 2.24) is 4.90 Å². The lowest BCUT2D eigenvalue weighted by atomic mass is 9.91. The lowest BCUT2D eigenvalue weighted by molar-refractivity contribution is -0.384. The summed E-state index contributed by atoms with van der Waals surface area (Å²) in [6.07, 6.45) is 0.902. The summed E-state index contributed by atoms with van der Waals surface area (Å²) < 4.78 is 22.2. The van der Waals surface area contributed by atoms with Gasteiger partial charge in [0.1, 0.15) is 18.1 Å². The maximum absolute atomic E-state index is 13.5. The number of nitrogens with zero attached hydrogens (tertiary/aromatic N) is 2. The van der Waals surface area contributed by atoms with Crippen molar-refractivity contribution in [2.75, 3.05) is 34.5 Å². The van der Waals surface area contributed by atoms with Gasteiger partial charge in [0.25, 0.3) is 5.69 Å². The van der Waals surface area contributed by atoms with Gasteiger partial charge in [-0.25, -0.2) is 0 Å². The first-order chi connectivity index (χ1) is 17.4. The second-order valence-corrected chi connectivity index (χ2v) is 8.35. The third-order valence-electron chi connectivity index (χ3n) is 6.29. The third-order valence-corrected chi connectivity index (χ3v) is 6.29. The third kappa shape index (κ3) is 5.35. The van der Waals surface area contributed by atoms with E-state index in [1.54, 1.807) is 33.5 Å². The van der Waals surface area contributed by atoms with Crippen molar-refractivity contribution >= 4 is 11.6 Å². The van der Waals surface area contributed by atoms with Crippen LogP contribution in [0.25, 0.3) is 0 Å². The Morgan fingerprint density at radius 2 is 1.58 bits per heavy atom. The van der Waals surface area contributed by atoms with Gasteiger partial charge in [0.05, 0.1) is 38.7 Å². The lowest BCUT2D eigenvalue weighted by Crippen LogP contribution is -2.43. The van der Waals surface area contributed by atoms with E-state index in [0.717, 1.165) is 22.4 Å². The number of hydrogen-bond acceptors (Lipinski definition) is 7. The number of carbonyl (C=O) groups is 1. The monoisotopic (exact) mass is 492 g/mol. The van der Waals surface area contributed by atoms with E-state index >= 15 is 0 Å². The van der Waals surface area contributed by atoms with Gasteiger partial charge < -0.3 is 23.8 Å². The molecule has 188 valence electrons. The minimum atomic E-state index is -0.458. The first-order valence-electron chi connectivity index (χ1n) is 11.5. The molecule has 4 rings (SSSR count). The Hall–Kier alpha value is -4.27. The van der Waals surface area contributed by atoms with E-state index in [2.05, 4.69) is 0 Å². The molecule has 0 saturated carbocycles. The highest BCUT2D eigenvalue weighted by Gasteiger charge is 2.33. The summed E-state index contributed by atoms with van der Waals surface area (Å²) in [5, 5.41) is 11.0. The molecule has 0 bridgehead atoms. The number of rotatable bonds is 9. The van der Waals surface area contributed by atoms with Gasteiger partial charge >= 0.3 is 0 Å². The quantitative estimate of drug-likeness (QED) is 0.323. The molecule has 1 heterocycles. The van der Waals surface area contributed by atoms with Crippen molar-refractivity contribution in [3.63, 3.8) is 0 Å². The average Bonchev–Trinajstić information content (AvgIpc) is 2.91. The number of nitro groups is 1. The standard InChI is InChI=1S/C27H28N2O7/c1-33-21-8-4-18(5-9-21)14-27(30)28-13-12-19-15-25(34-2)26(35-3)16-23(19)24(28)17-36-22-10-6-20(7-11-22)29(31)32/h4-11,15-16,24H,12-14,17H2,1-3H3. The molecule has 0 aromatic heterocycles. The van der Waals surface area contributed by atoms with Crippen LogP contribution >= 0.6 is 0 Å². The van der Waals surface area contributed by atoms with Crippen molar-refractivity contribution in [3.05, 3.63) is 87.5 Å². The summed E-state index contributed by atoms with van der Waals surface area (Å²) in [7, 11) is 4.76. The van der Waals surface area contributed by atoms with Gasteiger partial charge in [-0.3, -0.25) is 14.9 Å². The van der Waals surface area contributed by atoms with Crippen molar-refractivity contribution in [3.8, 4) is 23.0 Å². The topological polar surface area (TPSA) is 100 Å². The highest BCUT2D eigenvalue weighted by Crippen LogP contribution is 2.38. The van der Waals surface area contributed by atoms with Crippen LogP contribution in [-0.2, 0) is 17.6 Å². The highest BCUT2D eigenvalue weighted by atomic mass is 16.6.